The normalized spacial score (nSPS) is 17.5. The molecule has 1 heterocycles. The van der Waals surface area contributed by atoms with Crippen LogP contribution in [0.3, 0.4) is 0 Å². The van der Waals surface area contributed by atoms with Gasteiger partial charge in [-0.2, -0.15) is 0 Å². The Kier molecular flexibility index (Phi) is 6.95. The highest BCUT2D eigenvalue weighted by Crippen LogP contribution is 2.25. The molecule has 0 bridgehead atoms. The van der Waals surface area contributed by atoms with Crippen LogP contribution in [0.25, 0.3) is 0 Å². The number of piperidine rings is 1. The van der Waals surface area contributed by atoms with Crippen LogP contribution in [-0.4, -0.2) is 24.4 Å². The van der Waals surface area contributed by atoms with E-state index in [1.165, 1.54) is 6.92 Å². The minimum Gasteiger partial charge on any atom is -0.325 e. The maximum absolute atomic E-state index is 12.1. The van der Waals surface area contributed by atoms with Crippen molar-refractivity contribution >= 4 is 47.2 Å². The Hall–Kier alpha value is -1.30. The number of nitrogens with one attached hydrogen (secondary N) is 3. The average molecular weight is 332 g/mol. The maximum Gasteiger partial charge on any atom is 0.241 e. The summed E-state index contributed by atoms with van der Waals surface area (Å²) in [5.74, 6) is -0.233. The molecule has 5 nitrogen and oxygen atoms in total. The molecule has 116 valence electrons. The van der Waals surface area contributed by atoms with Gasteiger partial charge >= 0.3 is 0 Å². The minimum atomic E-state index is -0.185. The zero-order valence-electron chi connectivity index (χ0n) is 11.7. The van der Waals surface area contributed by atoms with Crippen LogP contribution in [0.2, 0.25) is 5.02 Å². The van der Waals surface area contributed by atoms with Crippen molar-refractivity contribution in [2.24, 2.45) is 0 Å². The first-order valence-electron chi connectivity index (χ1n) is 6.67. The van der Waals surface area contributed by atoms with E-state index in [9.17, 15) is 9.59 Å². The number of carbonyl (C=O) groups excluding carboxylic acids is 2. The second-order valence-corrected chi connectivity index (χ2v) is 5.27. The SMILES string of the molecule is CC(=O)Nc1ccc(NC(=O)[C@@H]2CCCCN2)cc1Cl.Cl. The van der Waals surface area contributed by atoms with E-state index < -0.39 is 0 Å². The van der Waals surface area contributed by atoms with Crippen LogP contribution in [0.1, 0.15) is 26.2 Å². The van der Waals surface area contributed by atoms with E-state index in [2.05, 4.69) is 16.0 Å². The number of hydrogen-bond donors (Lipinski definition) is 3. The van der Waals surface area contributed by atoms with Crippen LogP contribution in [0.5, 0.6) is 0 Å². The van der Waals surface area contributed by atoms with Crippen molar-refractivity contribution < 1.29 is 9.59 Å². The Labute approximate surface area is 135 Å². The van der Waals surface area contributed by atoms with Gasteiger partial charge in [0.05, 0.1) is 16.8 Å². The number of carbonyl (C=O) groups is 2. The molecule has 3 N–H and O–H groups in total. The van der Waals surface area contributed by atoms with Gasteiger partial charge in [0.1, 0.15) is 0 Å². The van der Waals surface area contributed by atoms with Crippen LogP contribution in [0.15, 0.2) is 18.2 Å². The molecule has 1 aliphatic heterocycles. The lowest BCUT2D eigenvalue weighted by Crippen LogP contribution is -2.43. The fourth-order valence-electron chi connectivity index (χ4n) is 2.19. The summed E-state index contributed by atoms with van der Waals surface area (Å²) in [6, 6.07) is 4.89. The molecule has 1 aliphatic rings. The van der Waals surface area contributed by atoms with Crippen molar-refractivity contribution in [2.75, 3.05) is 17.2 Å². The highest BCUT2D eigenvalue weighted by molar-refractivity contribution is 6.34. The number of anilines is 2. The molecule has 1 fully saturated rings. The van der Waals surface area contributed by atoms with Gasteiger partial charge in [-0.1, -0.05) is 18.0 Å². The lowest BCUT2D eigenvalue weighted by atomic mass is 10.0. The summed E-state index contributed by atoms with van der Waals surface area (Å²) in [5.41, 5.74) is 1.16. The van der Waals surface area contributed by atoms with Crippen molar-refractivity contribution in [1.29, 1.82) is 0 Å². The van der Waals surface area contributed by atoms with Gasteiger partial charge in [0.15, 0.2) is 0 Å². The molecule has 0 radical (unpaired) electrons. The van der Waals surface area contributed by atoms with E-state index in [-0.39, 0.29) is 30.3 Å². The van der Waals surface area contributed by atoms with E-state index in [0.29, 0.717) is 16.4 Å². The van der Waals surface area contributed by atoms with Crippen molar-refractivity contribution in [3.8, 4) is 0 Å². The molecule has 1 saturated heterocycles. The Morgan fingerprint density at radius 1 is 1.29 bits per heavy atom. The summed E-state index contributed by atoms with van der Waals surface area (Å²) in [4.78, 5) is 23.0. The summed E-state index contributed by atoms with van der Waals surface area (Å²) in [7, 11) is 0. The smallest absolute Gasteiger partial charge is 0.241 e. The van der Waals surface area contributed by atoms with Gasteiger partial charge in [-0.15, -0.1) is 12.4 Å². The van der Waals surface area contributed by atoms with E-state index in [1.54, 1.807) is 18.2 Å². The van der Waals surface area contributed by atoms with Crippen molar-refractivity contribution in [2.45, 2.75) is 32.2 Å². The molecule has 0 saturated carbocycles. The van der Waals surface area contributed by atoms with Gasteiger partial charge in [0.2, 0.25) is 11.8 Å². The predicted molar refractivity (Wildman–Crippen MR) is 87.3 cm³/mol. The molecule has 0 aliphatic carbocycles. The monoisotopic (exact) mass is 331 g/mol. The van der Waals surface area contributed by atoms with Crippen LogP contribution >= 0.6 is 24.0 Å². The third-order valence-electron chi connectivity index (χ3n) is 3.17. The molecule has 0 unspecified atom stereocenters. The van der Waals surface area contributed by atoms with Gasteiger partial charge in [-0.05, 0) is 37.6 Å². The highest BCUT2D eigenvalue weighted by atomic mass is 35.5. The first kappa shape index (κ1) is 17.8. The predicted octanol–water partition coefficient (Wildman–Crippen LogP) is 2.80. The topological polar surface area (TPSA) is 70.2 Å². The fraction of sp³-hybridized carbons (Fsp3) is 0.429. The van der Waals surface area contributed by atoms with Crippen LogP contribution in [-0.2, 0) is 9.59 Å². The average Bonchev–Trinajstić information content (AvgIpc) is 2.42. The van der Waals surface area contributed by atoms with Crippen molar-refractivity contribution in [3.05, 3.63) is 23.2 Å². The summed E-state index contributed by atoms with van der Waals surface area (Å²) in [6.45, 7) is 2.29. The molecule has 1 aromatic rings. The van der Waals surface area contributed by atoms with Gasteiger partial charge < -0.3 is 16.0 Å². The zero-order valence-corrected chi connectivity index (χ0v) is 13.3. The minimum absolute atomic E-state index is 0. The fourth-order valence-corrected chi connectivity index (χ4v) is 2.42. The van der Waals surface area contributed by atoms with E-state index in [4.69, 9.17) is 11.6 Å². The lowest BCUT2D eigenvalue weighted by Gasteiger charge is -2.22. The van der Waals surface area contributed by atoms with E-state index >= 15 is 0 Å². The van der Waals surface area contributed by atoms with Gasteiger partial charge in [-0.25, -0.2) is 0 Å². The van der Waals surface area contributed by atoms with E-state index in [1.807, 2.05) is 0 Å². The number of benzene rings is 1. The Morgan fingerprint density at radius 2 is 2.05 bits per heavy atom. The molecule has 1 atom stereocenters. The third-order valence-corrected chi connectivity index (χ3v) is 3.49. The van der Waals surface area contributed by atoms with Gasteiger partial charge in [0.25, 0.3) is 0 Å². The molecular formula is C14H19Cl2N3O2. The summed E-state index contributed by atoms with van der Waals surface area (Å²) < 4.78 is 0. The lowest BCUT2D eigenvalue weighted by molar-refractivity contribution is -0.118. The second kappa shape index (κ2) is 8.22. The standard InChI is InChI=1S/C14H18ClN3O2.ClH/c1-9(19)17-12-6-5-10(8-11(12)15)18-14(20)13-4-2-3-7-16-13;/h5-6,8,13,16H,2-4,7H2,1H3,(H,17,19)(H,18,20);1H/t13-;/m0./s1. The maximum atomic E-state index is 12.1. The quantitative estimate of drug-likeness (QED) is 0.797. The van der Waals surface area contributed by atoms with Crippen molar-refractivity contribution in [1.82, 2.24) is 5.32 Å². The number of rotatable bonds is 3. The van der Waals surface area contributed by atoms with Crippen LogP contribution in [0.4, 0.5) is 11.4 Å². The largest absolute Gasteiger partial charge is 0.325 e. The third kappa shape index (κ3) is 5.19. The second-order valence-electron chi connectivity index (χ2n) is 4.87. The zero-order chi connectivity index (χ0) is 14.5. The Balaban J connectivity index is 0.00000220. The number of amides is 2. The van der Waals surface area contributed by atoms with Gasteiger partial charge in [0, 0.05) is 12.6 Å². The van der Waals surface area contributed by atoms with Crippen LogP contribution < -0.4 is 16.0 Å². The molecule has 21 heavy (non-hydrogen) atoms. The van der Waals surface area contributed by atoms with Crippen LogP contribution in [0, 0.1) is 0 Å². The molecule has 1 aromatic carbocycles. The Morgan fingerprint density at radius 3 is 2.62 bits per heavy atom. The number of halogens is 2. The van der Waals surface area contributed by atoms with Crippen molar-refractivity contribution in [3.63, 3.8) is 0 Å². The first-order chi connectivity index (χ1) is 9.56. The molecule has 0 spiro atoms. The first-order valence-corrected chi connectivity index (χ1v) is 7.05. The van der Waals surface area contributed by atoms with Gasteiger partial charge in [-0.3, -0.25) is 9.59 Å². The summed E-state index contributed by atoms with van der Waals surface area (Å²) in [6.07, 6.45) is 3.03. The molecule has 2 amide bonds. The summed E-state index contributed by atoms with van der Waals surface area (Å²) >= 11 is 6.06. The molecule has 2 rings (SSSR count). The highest BCUT2D eigenvalue weighted by Gasteiger charge is 2.20. The molecular weight excluding hydrogens is 313 g/mol. The summed E-state index contributed by atoms with van der Waals surface area (Å²) in [5, 5.41) is 9.04. The molecule has 0 aromatic heterocycles. The number of hydrogen-bond acceptors (Lipinski definition) is 3. The van der Waals surface area contributed by atoms with E-state index in [0.717, 1.165) is 25.8 Å². The molecule has 7 heteroatoms. The Bertz CT molecular complexity index is 517.